The molecule has 28 heavy (non-hydrogen) atoms. The summed E-state index contributed by atoms with van der Waals surface area (Å²) in [7, 11) is 3.97. The second kappa shape index (κ2) is 9.33. The summed E-state index contributed by atoms with van der Waals surface area (Å²) < 4.78 is 0.972. The van der Waals surface area contributed by atoms with E-state index in [1.54, 1.807) is 6.21 Å². The number of amides is 1. The van der Waals surface area contributed by atoms with Crippen LogP contribution in [-0.2, 0) is 4.79 Å². The Balaban J connectivity index is 1.77. The van der Waals surface area contributed by atoms with E-state index in [2.05, 4.69) is 26.5 Å². The fraction of sp³-hybridized carbons (Fsp3) is 0.130. The minimum absolute atomic E-state index is 0.169. The van der Waals surface area contributed by atoms with Gasteiger partial charge in [0.05, 0.1) is 17.8 Å². The van der Waals surface area contributed by atoms with E-state index in [0.717, 1.165) is 26.9 Å². The molecule has 3 rings (SSSR count). The minimum Gasteiger partial charge on any atom is -0.377 e. The van der Waals surface area contributed by atoms with E-state index in [1.807, 2.05) is 97.9 Å². The Hall–Kier alpha value is -2.92. The lowest BCUT2D eigenvalue weighted by Gasteiger charge is -2.16. The molecule has 0 saturated carbocycles. The third-order valence-electron chi connectivity index (χ3n) is 4.37. The van der Waals surface area contributed by atoms with Crippen LogP contribution in [0.4, 0.5) is 5.69 Å². The van der Waals surface area contributed by atoms with Crippen molar-refractivity contribution in [3.63, 3.8) is 0 Å². The van der Waals surface area contributed by atoms with Crippen molar-refractivity contribution >= 4 is 33.7 Å². The largest absolute Gasteiger partial charge is 0.377 e. The Labute approximate surface area is 174 Å². The summed E-state index contributed by atoms with van der Waals surface area (Å²) in [5.74, 6) is -0.583. The molecule has 0 bridgehead atoms. The average molecular weight is 436 g/mol. The number of hydrazone groups is 1. The van der Waals surface area contributed by atoms with Gasteiger partial charge in [-0.2, -0.15) is 5.10 Å². The number of nitrogens with zero attached hydrogens (tertiary/aromatic N) is 2. The molecular formula is C23H22BrN3O. The van der Waals surface area contributed by atoms with E-state index < -0.39 is 5.92 Å². The smallest absolute Gasteiger partial charge is 0.252 e. The highest BCUT2D eigenvalue weighted by Crippen LogP contribution is 2.26. The number of benzene rings is 3. The molecule has 3 aromatic carbocycles. The molecule has 1 amide bonds. The number of halogens is 1. The Morgan fingerprint density at radius 3 is 2.04 bits per heavy atom. The Kier molecular flexibility index (Phi) is 6.61. The first-order chi connectivity index (χ1) is 13.6. The third kappa shape index (κ3) is 4.87. The molecule has 1 N–H and O–H groups in total. The minimum atomic E-state index is -0.414. The van der Waals surface area contributed by atoms with Crippen LogP contribution in [0.25, 0.3) is 0 Å². The van der Waals surface area contributed by atoms with Gasteiger partial charge in [0.25, 0.3) is 5.91 Å². The van der Waals surface area contributed by atoms with Crippen LogP contribution in [0.3, 0.4) is 0 Å². The predicted octanol–water partition coefficient (Wildman–Crippen LogP) is 4.80. The van der Waals surface area contributed by atoms with Gasteiger partial charge >= 0.3 is 0 Å². The summed E-state index contributed by atoms with van der Waals surface area (Å²) in [5, 5.41) is 4.17. The number of anilines is 1. The van der Waals surface area contributed by atoms with Crippen molar-refractivity contribution in [1.82, 2.24) is 5.43 Å². The fourth-order valence-electron chi connectivity index (χ4n) is 2.99. The lowest BCUT2D eigenvalue weighted by Crippen LogP contribution is -2.26. The topological polar surface area (TPSA) is 44.7 Å². The molecule has 0 aromatic heterocycles. The van der Waals surface area contributed by atoms with E-state index >= 15 is 0 Å². The summed E-state index contributed by atoms with van der Waals surface area (Å²) in [5.41, 5.74) is 6.53. The van der Waals surface area contributed by atoms with Crippen molar-refractivity contribution < 1.29 is 4.79 Å². The van der Waals surface area contributed by atoms with Gasteiger partial charge in [0.15, 0.2) is 0 Å². The first kappa shape index (κ1) is 19.8. The van der Waals surface area contributed by atoms with Crippen LogP contribution < -0.4 is 10.3 Å². The summed E-state index contributed by atoms with van der Waals surface area (Å²) in [6.45, 7) is 0. The van der Waals surface area contributed by atoms with Gasteiger partial charge in [-0.15, -0.1) is 0 Å². The second-order valence-electron chi connectivity index (χ2n) is 6.59. The molecular weight excluding hydrogens is 414 g/mol. The second-order valence-corrected chi connectivity index (χ2v) is 7.45. The number of nitrogens with one attached hydrogen (secondary N) is 1. The Bertz CT molecular complexity index is 917. The van der Waals surface area contributed by atoms with E-state index in [9.17, 15) is 4.79 Å². The molecule has 0 unspecified atom stereocenters. The zero-order chi connectivity index (χ0) is 19.9. The molecule has 3 aromatic rings. The molecule has 0 aliphatic carbocycles. The normalized spacial score (nSPS) is 11.0. The summed E-state index contributed by atoms with van der Waals surface area (Å²) >= 11 is 3.56. The van der Waals surface area contributed by atoms with E-state index in [-0.39, 0.29) is 5.91 Å². The lowest BCUT2D eigenvalue weighted by atomic mass is 9.91. The van der Waals surface area contributed by atoms with Crippen LogP contribution in [0.5, 0.6) is 0 Å². The molecule has 0 spiro atoms. The van der Waals surface area contributed by atoms with Crippen LogP contribution in [0, 0.1) is 0 Å². The number of rotatable bonds is 6. The van der Waals surface area contributed by atoms with Crippen molar-refractivity contribution in [2.75, 3.05) is 19.0 Å². The highest BCUT2D eigenvalue weighted by Gasteiger charge is 2.22. The standard InChI is InChI=1S/C23H22BrN3O/c1-27(2)21-14-13-17(15-20(21)24)16-25-26-23(28)22(18-9-5-3-6-10-18)19-11-7-4-8-12-19/h3-16,22H,1-2H3,(H,26,28)/b25-16+. The molecule has 0 saturated heterocycles. The maximum atomic E-state index is 12.9. The monoisotopic (exact) mass is 435 g/mol. The molecule has 0 aliphatic heterocycles. The van der Waals surface area contributed by atoms with Gasteiger partial charge in [-0.3, -0.25) is 4.79 Å². The highest BCUT2D eigenvalue weighted by molar-refractivity contribution is 9.10. The average Bonchev–Trinajstić information content (AvgIpc) is 2.70. The van der Waals surface area contributed by atoms with Gasteiger partial charge in [0, 0.05) is 18.6 Å². The van der Waals surface area contributed by atoms with Crippen LogP contribution in [0.15, 0.2) is 88.4 Å². The molecule has 0 fully saturated rings. The SMILES string of the molecule is CN(C)c1ccc(/C=N/NC(=O)C(c2ccccc2)c2ccccc2)cc1Br. The summed E-state index contributed by atoms with van der Waals surface area (Å²) in [6, 6.07) is 25.4. The lowest BCUT2D eigenvalue weighted by molar-refractivity contribution is -0.121. The van der Waals surface area contributed by atoms with Gasteiger partial charge in [-0.05, 0) is 44.8 Å². The number of hydrogen-bond donors (Lipinski definition) is 1. The first-order valence-corrected chi connectivity index (χ1v) is 9.75. The quantitative estimate of drug-likeness (QED) is 0.446. The first-order valence-electron chi connectivity index (χ1n) is 8.96. The molecule has 0 heterocycles. The number of hydrogen-bond acceptors (Lipinski definition) is 3. The summed E-state index contributed by atoms with van der Waals surface area (Å²) in [4.78, 5) is 14.9. The van der Waals surface area contributed by atoms with Crippen molar-refractivity contribution in [3.8, 4) is 0 Å². The van der Waals surface area contributed by atoms with Crippen LogP contribution in [-0.4, -0.2) is 26.2 Å². The molecule has 142 valence electrons. The zero-order valence-corrected chi connectivity index (χ0v) is 17.4. The summed E-state index contributed by atoms with van der Waals surface area (Å²) in [6.07, 6.45) is 1.65. The van der Waals surface area contributed by atoms with Crippen molar-refractivity contribution in [3.05, 3.63) is 100 Å². The fourth-order valence-corrected chi connectivity index (χ4v) is 3.74. The van der Waals surface area contributed by atoms with Crippen molar-refractivity contribution in [1.29, 1.82) is 0 Å². The van der Waals surface area contributed by atoms with Crippen LogP contribution >= 0.6 is 15.9 Å². The van der Waals surface area contributed by atoms with E-state index in [1.165, 1.54) is 0 Å². The Morgan fingerprint density at radius 2 is 1.54 bits per heavy atom. The van der Waals surface area contributed by atoms with E-state index in [0.29, 0.717) is 0 Å². The van der Waals surface area contributed by atoms with Crippen molar-refractivity contribution in [2.45, 2.75) is 5.92 Å². The number of carbonyl (C=O) groups is 1. The molecule has 0 radical (unpaired) electrons. The van der Waals surface area contributed by atoms with Crippen LogP contribution in [0.2, 0.25) is 0 Å². The predicted molar refractivity (Wildman–Crippen MR) is 119 cm³/mol. The molecule has 4 nitrogen and oxygen atoms in total. The van der Waals surface area contributed by atoms with Gasteiger partial charge in [-0.1, -0.05) is 66.7 Å². The number of carbonyl (C=O) groups excluding carboxylic acids is 1. The van der Waals surface area contributed by atoms with Gasteiger partial charge in [-0.25, -0.2) is 5.43 Å². The molecule has 5 heteroatoms. The van der Waals surface area contributed by atoms with Crippen LogP contribution in [0.1, 0.15) is 22.6 Å². The molecule has 0 atom stereocenters. The van der Waals surface area contributed by atoms with Gasteiger partial charge < -0.3 is 4.90 Å². The third-order valence-corrected chi connectivity index (χ3v) is 5.01. The highest BCUT2D eigenvalue weighted by atomic mass is 79.9. The maximum Gasteiger partial charge on any atom is 0.252 e. The maximum absolute atomic E-state index is 12.9. The van der Waals surface area contributed by atoms with Crippen molar-refractivity contribution in [2.24, 2.45) is 5.10 Å². The van der Waals surface area contributed by atoms with Gasteiger partial charge in [0.1, 0.15) is 0 Å². The van der Waals surface area contributed by atoms with E-state index in [4.69, 9.17) is 0 Å². The van der Waals surface area contributed by atoms with Gasteiger partial charge in [0.2, 0.25) is 0 Å². The Morgan fingerprint density at radius 1 is 0.964 bits per heavy atom. The molecule has 0 aliphatic rings. The zero-order valence-electron chi connectivity index (χ0n) is 15.8.